The number of benzene rings is 1. The molecule has 1 fully saturated rings. The fourth-order valence-corrected chi connectivity index (χ4v) is 2.61. The first-order valence-electron chi connectivity index (χ1n) is 7.24. The lowest BCUT2D eigenvalue weighted by molar-refractivity contribution is -0.159. The van der Waals surface area contributed by atoms with E-state index in [1.165, 1.54) is 19.2 Å². The third-order valence-corrected chi connectivity index (χ3v) is 3.80. The van der Waals surface area contributed by atoms with Gasteiger partial charge >= 0.3 is 17.9 Å². The van der Waals surface area contributed by atoms with Crippen molar-refractivity contribution in [2.75, 3.05) is 27.2 Å². The number of aliphatic carboxylic acids is 2. The fraction of sp³-hybridized carbons (Fsp3) is 0.438. The molecule has 8 heteroatoms. The minimum Gasteiger partial charge on any atom is -0.473 e. The zero-order valence-corrected chi connectivity index (χ0v) is 13.4. The molecule has 2 rings (SSSR count). The zero-order chi connectivity index (χ0) is 18.3. The number of likely N-dealkylation sites (tertiary alicyclic amines) is 1. The predicted octanol–water partition coefficient (Wildman–Crippen LogP) is 1.19. The van der Waals surface area contributed by atoms with Crippen LogP contribution in [0.1, 0.15) is 17.9 Å². The highest BCUT2D eigenvalue weighted by molar-refractivity contribution is 6.27. The van der Waals surface area contributed by atoms with Crippen LogP contribution in [0.25, 0.3) is 0 Å². The van der Waals surface area contributed by atoms with E-state index in [1.807, 2.05) is 7.05 Å². The summed E-state index contributed by atoms with van der Waals surface area (Å²) < 4.78 is 17.8. The largest absolute Gasteiger partial charge is 0.473 e. The van der Waals surface area contributed by atoms with Crippen LogP contribution in [0.3, 0.4) is 0 Å². The van der Waals surface area contributed by atoms with E-state index in [0.29, 0.717) is 6.54 Å². The van der Waals surface area contributed by atoms with Crippen LogP contribution in [-0.4, -0.2) is 60.3 Å². The first kappa shape index (κ1) is 19.6. The van der Waals surface area contributed by atoms with Gasteiger partial charge in [0.15, 0.2) is 0 Å². The van der Waals surface area contributed by atoms with Crippen molar-refractivity contribution in [3.05, 3.63) is 35.6 Å². The summed E-state index contributed by atoms with van der Waals surface area (Å²) in [4.78, 5) is 32.2. The van der Waals surface area contributed by atoms with E-state index in [1.54, 1.807) is 12.1 Å². The van der Waals surface area contributed by atoms with E-state index in [2.05, 4.69) is 4.90 Å². The number of hydrogen-bond donors (Lipinski definition) is 2. The summed E-state index contributed by atoms with van der Waals surface area (Å²) in [6.07, 6.45) is 0.891. The Balaban J connectivity index is 0.000000413. The summed E-state index contributed by atoms with van der Waals surface area (Å²) in [5.74, 6) is -4.13. The standard InChI is InChI=1S/C14H18FNO2.C2H2O4/c1-16-8-7-12(13(9-16)14(17)18-2)10-3-5-11(15)6-4-10;3-1(4)2(5)6/h3-6,12-13H,7-9H2,1-2H3;(H,3,4)(H,5,6). The van der Waals surface area contributed by atoms with E-state index in [4.69, 9.17) is 24.5 Å². The number of esters is 1. The number of piperidine rings is 1. The maximum Gasteiger partial charge on any atom is 0.414 e. The van der Waals surface area contributed by atoms with Crippen molar-refractivity contribution in [1.82, 2.24) is 4.90 Å². The second-order valence-electron chi connectivity index (χ2n) is 5.45. The van der Waals surface area contributed by atoms with Crippen LogP contribution in [0.5, 0.6) is 0 Å². The monoisotopic (exact) mass is 341 g/mol. The highest BCUT2D eigenvalue weighted by Gasteiger charge is 2.34. The fourth-order valence-electron chi connectivity index (χ4n) is 2.61. The molecule has 0 bridgehead atoms. The molecule has 2 N–H and O–H groups in total. The van der Waals surface area contributed by atoms with Gasteiger partial charge in [-0.05, 0) is 43.6 Å². The van der Waals surface area contributed by atoms with Gasteiger partial charge < -0.3 is 19.8 Å². The van der Waals surface area contributed by atoms with E-state index >= 15 is 0 Å². The van der Waals surface area contributed by atoms with Crippen LogP contribution in [0, 0.1) is 11.7 Å². The highest BCUT2D eigenvalue weighted by atomic mass is 19.1. The van der Waals surface area contributed by atoms with Gasteiger partial charge in [0.2, 0.25) is 0 Å². The topological polar surface area (TPSA) is 104 Å². The Morgan fingerprint density at radius 1 is 1.17 bits per heavy atom. The van der Waals surface area contributed by atoms with E-state index in [0.717, 1.165) is 18.5 Å². The number of rotatable bonds is 2. The van der Waals surface area contributed by atoms with Gasteiger partial charge in [0.25, 0.3) is 0 Å². The van der Waals surface area contributed by atoms with Crippen molar-refractivity contribution < 1.29 is 33.7 Å². The average molecular weight is 341 g/mol. The number of ether oxygens (including phenoxy) is 1. The van der Waals surface area contributed by atoms with Gasteiger partial charge in [-0.25, -0.2) is 14.0 Å². The number of carbonyl (C=O) groups is 3. The lowest BCUT2D eigenvalue weighted by Crippen LogP contribution is -2.41. The molecule has 0 aliphatic carbocycles. The third-order valence-electron chi connectivity index (χ3n) is 3.80. The smallest absolute Gasteiger partial charge is 0.414 e. The maximum absolute atomic E-state index is 12.9. The van der Waals surface area contributed by atoms with Gasteiger partial charge in [-0.15, -0.1) is 0 Å². The van der Waals surface area contributed by atoms with Gasteiger partial charge in [0.05, 0.1) is 13.0 Å². The molecule has 0 spiro atoms. The molecule has 1 saturated heterocycles. The van der Waals surface area contributed by atoms with Crippen molar-refractivity contribution >= 4 is 17.9 Å². The van der Waals surface area contributed by atoms with Crippen molar-refractivity contribution in [1.29, 1.82) is 0 Å². The van der Waals surface area contributed by atoms with E-state index in [-0.39, 0.29) is 23.6 Å². The number of carboxylic acids is 2. The normalized spacial score (nSPS) is 20.5. The van der Waals surface area contributed by atoms with Crippen LogP contribution in [0.4, 0.5) is 4.39 Å². The predicted molar refractivity (Wildman–Crippen MR) is 82.0 cm³/mol. The number of halogens is 1. The number of methoxy groups -OCH3 is 1. The molecule has 7 nitrogen and oxygen atoms in total. The molecular weight excluding hydrogens is 321 g/mol. The summed E-state index contributed by atoms with van der Waals surface area (Å²) in [6, 6.07) is 6.42. The summed E-state index contributed by atoms with van der Waals surface area (Å²) in [7, 11) is 3.41. The molecule has 1 aromatic carbocycles. The lowest BCUT2D eigenvalue weighted by atomic mass is 9.80. The molecule has 24 heavy (non-hydrogen) atoms. The van der Waals surface area contributed by atoms with E-state index < -0.39 is 11.9 Å². The zero-order valence-electron chi connectivity index (χ0n) is 13.4. The van der Waals surface area contributed by atoms with Crippen LogP contribution < -0.4 is 0 Å². The molecule has 0 saturated carbocycles. The molecule has 1 aliphatic heterocycles. The van der Waals surface area contributed by atoms with Gasteiger partial charge in [0, 0.05) is 6.54 Å². The van der Waals surface area contributed by atoms with Gasteiger partial charge in [-0.3, -0.25) is 4.79 Å². The Bertz CT molecular complexity index is 577. The Morgan fingerprint density at radius 2 is 1.71 bits per heavy atom. The number of nitrogens with zero attached hydrogens (tertiary/aromatic N) is 1. The SMILES string of the molecule is COC(=O)C1CN(C)CCC1c1ccc(F)cc1.O=C(O)C(=O)O. The first-order chi connectivity index (χ1) is 11.3. The molecule has 1 heterocycles. The van der Waals surface area contributed by atoms with Crippen LogP contribution in [0.15, 0.2) is 24.3 Å². The molecular formula is C16H20FNO6. The Labute approximate surface area is 138 Å². The molecule has 1 aliphatic rings. The van der Waals surface area contributed by atoms with Crippen LogP contribution in [-0.2, 0) is 19.1 Å². The third kappa shape index (κ3) is 5.62. The van der Waals surface area contributed by atoms with E-state index in [9.17, 15) is 9.18 Å². The molecule has 1 aromatic rings. The summed E-state index contributed by atoms with van der Waals surface area (Å²) >= 11 is 0. The minimum absolute atomic E-state index is 0.120. The highest BCUT2D eigenvalue weighted by Crippen LogP contribution is 2.33. The van der Waals surface area contributed by atoms with Crippen molar-refractivity contribution in [3.8, 4) is 0 Å². The summed E-state index contributed by atoms with van der Waals surface area (Å²) in [6.45, 7) is 1.63. The average Bonchev–Trinajstić information content (AvgIpc) is 2.55. The molecule has 0 radical (unpaired) electrons. The number of carbonyl (C=O) groups excluding carboxylic acids is 1. The quantitative estimate of drug-likeness (QED) is 0.615. The minimum atomic E-state index is -1.82. The Morgan fingerprint density at radius 3 is 2.17 bits per heavy atom. The number of hydrogen-bond acceptors (Lipinski definition) is 5. The maximum atomic E-state index is 12.9. The second-order valence-corrected chi connectivity index (χ2v) is 5.45. The summed E-state index contributed by atoms with van der Waals surface area (Å²) in [5.41, 5.74) is 1.01. The van der Waals surface area contributed by atoms with Gasteiger partial charge in [-0.1, -0.05) is 12.1 Å². The van der Waals surface area contributed by atoms with Crippen molar-refractivity contribution in [2.24, 2.45) is 5.92 Å². The van der Waals surface area contributed by atoms with Crippen molar-refractivity contribution in [3.63, 3.8) is 0 Å². The lowest BCUT2D eigenvalue weighted by Gasteiger charge is -2.35. The number of carboxylic acid groups (broad SMARTS) is 2. The molecule has 132 valence electrons. The van der Waals surface area contributed by atoms with Crippen LogP contribution in [0.2, 0.25) is 0 Å². The molecule has 0 amide bonds. The second kappa shape index (κ2) is 8.97. The molecule has 0 aromatic heterocycles. The summed E-state index contributed by atoms with van der Waals surface area (Å²) in [5, 5.41) is 14.8. The first-order valence-corrected chi connectivity index (χ1v) is 7.24. The van der Waals surface area contributed by atoms with Gasteiger partial charge in [0.1, 0.15) is 5.82 Å². The Hall–Kier alpha value is -2.48. The van der Waals surface area contributed by atoms with Crippen LogP contribution >= 0.6 is 0 Å². The van der Waals surface area contributed by atoms with Crippen molar-refractivity contribution in [2.45, 2.75) is 12.3 Å². The van der Waals surface area contributed by atoms with Gasteiger partial charge in [-0.2, -0.15) is 0 Å². The molecule has 2 atom stereocenters. The Kier molecular flexibility index (Phi) is 7.31. The molecule has 2 unspecified atom stereocenters.